The summed E-state index contributed by atoms with van der Waals surface area (Å²) >= 11 is 0. The fourth-order valence-electron chi connectivity index (χ4n) is 1.70. The molecule has 0 fully saturated rings. The Hall–Kier alpha value is -0.0800. The lowest BCUT2D eigenvalue weighted by molar-refractivity contribution is 0.217. The molecule has 1 atom stereocenters. The van der Waals surface area contributed by atoms with Gasteiger partial charge in [-0.05, 0) is 24.8 Å². The van der Waals surface area contributed by atoms with E-state index >= 15 is 0 Å². The van der Waals surface area contributed by atoms with Gasteiger partial charge in [-0.15, -0.1) is 0 Å². The average molecular weight is 201 g/mol. The maximum absolute atomic E-state index is 9.17. The summed E-state index contributed by atoms with van der Waals surface area (Å²) in [7, 11) is 0. The highest BCUT2D eigenvalue weighted by molar-refractivity contribution is 4.69. The Bertz CT molecular complexity index is 121. The van der Waals surface area contributed by atoms with Crippen LogP contribution in [0.4, 0.5) is 0 Å². The highest BCUT2D eigenvalue weighted by Crippen LogP contribution is 2.08. The molecule has 0 amide bonds. The first-order chi connectivity index (χ1) is 6.63. The van der Waals surface area contributed by atoms with Crippen LogP contribution in [0.15, 0.2) is 0 Å². The lowest BCUT2D eigenvalue weighted by atomic mass is 10.0. The third kappa shape index (κ3) is 6.39. The molecule has 0 heterocycles. The number of rotatable bonds is 8. The molecule has 0 aliphatic rings. The molecule has 0 aromatic heterocycles. The van der Waals surface area contributed by atoms with Crippen molar-refractivity contribution in [3.63, 3.8) is 0 Å². The maximum atomic E-state index is 9.17. The quantitative estimate of drug-likeness (QED) is 0.632. The molecular formula is C12H27NO. The van der Waals surface area contributed by atoms with Crippen LogP contribution in [0.1, 0.15) is 47.0 Å². The Morgan fingerprint density at radius 1 is 1.14 bits per heavy atom. The summed E-state index contributed by atoms with van der Waals surface area (Å²) in [5.74, 6) is 1.41. The fraction of sp³-hybridized carbons (Fsp3) is 1.00. The second-order valence-corrected chi connectivity index (χ2v) is 4.60. The molecule has 0 aliphatic heterocycles. The molecule has 0 saturated heterocycles. The molecule has 0 rings (SSSR count). The van der Waals surface area contributed by atoms with Crippen LogP contribution in [0.5, 0.6) is 0 Å². The van der Waals surface area contributed by atoms with Gasteiger partial charge in [0, 0.05) is 6.04 Å². The van der Waals surface area contributed by atoms with E-state index in [9.17, 15) is 5.11 Å². The molecule has 0 aromatic rings. The van der Waals surface area contributed by atoms with Crippen molar-refractivity contribution in [3.8, 4) is 0 Å². The summed E-state index contributed by atoms with van der Waals surface area (Å²) in [6, 6.07) is 0.288. The van der Waals surface area contributed by atoms with Gasteiger partial charge < -0.3 is 10.4 Å². The van der Waals surface area contributed by atoms with Crippen molar-refractivity contribution in [1.29, 1.82) is 0 Å². The van der Waals surface area contributed by atoms with Crippen LogP contribution in [-0.4, -0.2) is 24.3 Å². The SMILES string of the molecule is CCC(CC)CN[C@H](CO)CC(C)C. The summed E-state index contributed by atoms with van der Waals surface area (Å²) < 4.78 is 0. The number of aliphatic hydroxyl groups is 1. The van der Waals surface area contributed by atoms with Crippen LogP contribution in [0.3, 0.4) is 0 Å². The number of hydrogen-bond donors (Lipinski definition) is 2. The number of nitrogens with one attached hydrogen (secondary N) is 1. The normalized spacial score (nSPS) is 13.9. The Morgan fingerprint density at radius 3 is 2.07 bits per heavy atom. The summed E-state index contributed by atoms with van der Waals surface area (Å²) in [5, 5.41) is 12.6. The average Bonchev–Trinajstić information content (AvgIpc) is 2.17. The topological polar surface area (TPSA) is 32.3 Å². The van der Waals surface area contributed by atoms with E-state index in [0.29, 0.717) is 5.92 Å². The van der Waals surface area contributed by atoms with Gasteiger partial charge in [-0.2, -0.15) is 0 Å². The van der Waals surface area contributed by atoms with Gasteiger partial charge in [-0.1, -0.05) is 40.5 Å². The predicted octanol–water partition coefficient (Wildman–Crippen LogP) is 2.42. The van der Waals surface area contributed by atoms with Crippen LogP contribution in [-0.2, 0) is 0 Å². The largest absolute Gasteiger partial charge is 0.395 e. The Morgan fingerprint density at radius 2 is 1.71 bits per heavy atom. The minimum absolute atomic E-state index is 0.262. The summed E-state index contributed by atoms with van der Waals surface area (Å²) in [5.41, 5.74) is 0. The van der Waals surface area contributed by atoms with Gasteiger partial charge in [-0.25, -0.2) is 0 Å². The van der Waals surface area contributed by atoms with Crippen LogP contribution >= 0.6 is 0 Å². The summed E-state index contributed by atoms with van der Waals surface area (Å²) in [4.78, 5) is 0. The minimum atomic E-state index is 0.262. The molecule has 2 N–H and O–H groups in total. The van der Waals surface area contributed by atoms with Crippen molar-refractivity contribution in [2.75, 3.05) is 13.2 Å². The molecule has 2 heteroatoms. The van der Waals surface area contributed by atoms with Crippen LogP contribution in [0.25, 0.3) is 0 Å². The zero-order valence-electron chi connectivity index (χ0n) is 10.2. The second-order valence-electron chi connectivity index (χ2n) is 4.60. The molecule has 0 aromatic carbocycles. The van der Waals surface area contributed by atoms with Gasteiger partial charge in [0.15, 0.2) is 0 Å². The van der Waals surface area contributed by atoms with Crippen LogP contribution < -0.4 is 5.32 Å². The zero-order chi connectivity index (χ0) is 11.0. The molecule has 0 aliphatic carbocycles. The fourth-order valence-corrected chi connectivity index (χ4v) is 1.70. The molecule has 2 nitrogen and oxygen atoms in total. The van der Waals surface area contributed by atoms with Gasteiger partial charge >= 0.3 is 0 Å². The van der Waals surface area contributed by atoms with E-state index in [2.05, 4.69) is 33.0 Å². The van der Waals surface area contributed by atoms with E-state index in [1.54, 1.807) is 0 Å². The van der Waals surface area contributed by atoms with Crippen LogP contribution in [0.2, 0.25) is 0 Å². The van der Waals surface area contributed by atoms with Crippen LogP contribution in [0, 0.1) is 11.8 Å². The molecule has 0 bridgehead atoms. The van der Waals surface area contributed by atoms with E-state index in [4.69, 9.17) is 0 Å². The monoisotopic (exact) mass is 201 g/mol. The Balaban J connectivity index is 3.70. The van der Waals surface area contributed by atoms with Crippen molar-refractivity contribution in [1.82, 2.24) is 5.32 Å². The highest BCUT2D eigenvalue weighted by Gasteiger charge is 2.11. The van der Waals surface area contributed by atoms with Gasteiger partial charge in [0.25, 0.3) is 0 Å². The third-order valence-electron chi connectivity index (χ3n) is 2.83. The number of aliphatic hydroxyl groups excluding tert-OH is 1. The second kappa shape index (κ2) is 8.25. The van der Waals surface area contributed by atoms with Gasteiger partial charge in [-0.3, -0.25) is 0 Å². The van der Waals surface area contributed by atoms with E-state index in [1.807, 2.05) is 0 Å². The minimum Gasteiger partial charge on any atom is -0.395 e. The van der Waals surface area contributed by atoms with Gasteiger partial charge in [0.2, 0.25) is 0 Å². The molecule has 14 heavy (non-hydrogen) atoms. The first-order valence-corrected chi connectivity index (χ1v) is 5.98. The summed E-state index contributed by atoms with van der Waals surface area (Å²) in [6.07, 6.45) is 3.52. The standard InChI is InChI=1S/C12H27NO/c1-5-11(6-2)8-13-12(9-14)7-10(3)4/h10-14H,5-9H2,1-4H3/t12-/m0/s1. The van der Waals surface area contributed by atoms with E-state index in [-0.39, 0.29) is 12.6 Å². The molecular weight excluding hydrogens is 174 g/mol. The lowest BCUT2D eigenvalue weighted by Gasteiger charge is -2.21. The van der Waals surface area contributed by atoms with Crippen molar-refractivity contribution in [3.05, 3.63) is 0 Å². The zero-order valence-corrected chi connectivity index (χ0v) is 10.2. The van der Waals surface area contributed by atoms with Gasteiger partial charge in [0.05, 0.1) is 6.61 Å². The van der Waals surface area contributed by atoms with Crippen molar-refractivity contribution in [2.24, 2.45) is 11.8 Å². The van der Waals surface area contributed by atoms with Crippen molar-refractivity contribution >= 4 is 0 Å². The first-order valence-electron chi connectivity index (χ1n) is 5.98. The number of hydrogen-bond acceptors (Lipinski definition) is 2. The molecule has 0 saturated carbocycles. The van der Waals surface area contributed by atoms with Crippen molar-refractivity contribution in [2.45, 2.75) is 53.0 Å². The Labute approximate surface area is 89.1 Å². The van der Waals surface area contributed by atoms with E-state index in [0.717, 1.165) is 18.9 Å². The molecule has 0 spiro atoms. The lowest BCUT2D eigenvalue weighted by Crippen LogP contribution is -2.36. The molecule has 86 valence electrons. The molecule has 0 radical (unpaired) electrons. The predicted molar refractivity (Wildman–Crippen MR) is 62.4 cm³/mol. The van der Waals surface area contributed by atoms with Gasteiger partial charge in [0.1, 0.15) is 0 Å². The first kappa shape index (κ1) is 13.9. The Kier molecular flexibility index (Phi) is 8.20. The highest BCUT2D eigenvalue weighted by atomic mass is 16.3. The molecule has 0 unspecified atom stereocenters. The van der Waals surface area contributed by atoms with Crippen molar-refractivity contribution < 1.29 is 5.11 Å². The maximum Gasteiger partial charge on any atom is 0.0584 e. The third-order valence-corrected chi connectivity index (χ3v) is 2.83. The van der Waals surface area contributed by atoms with E-state index < -0.39 is 0 Å². The van der Waals surface area contributed by atoms with E-state index in [1.165, 1.54) is 12.8 Å². The summed E-state index contributed by atoms with van der Waals surface area (Å²) in [6.45, 7) is 10.2. The smallest absolute Gasteiger partial charge is 0.0584 e.